The van der Waals surface area contributed by atoms with Crippen LogP contribution in [0.25, 0.3) is 0 Å². The summed E-state index contributed by atoms with van der Waals surface area (Å²) < 4.78 is 5.04. The Morgan fingerprint density at radius 3 is 2.52 bits per heavy atom. The highest BCUT2D eigenvalue weighted by Crippen LogP contribution is 2.39. The second kappa shape index (κ2) is 14.2. The van der Waals surface area contributed by atoms with E-state index in [4.69, 9.17) is 4.74 Å². The molecule has 5 heteroatoms. The number of esters is 1. The number of hydrogen-bond donors (Lipinski definition) is 1. The van der Waals surface area contributed by atoms with Crippen LogP contribution >= 0.6 is 21.6 Å². The molecule has 3 nitrogen and oxygen atoms in total. The maximum Gasteiger partial charge on any atom is 0.333 e. The molecule has 1 N–H and O–H groups in total. The molecule has 1 atom stereocenters. The highest BCUT2D eigenvalue weighted by molar-refractivity contribution is 8.77. The van der Waals surface area contributed by atoms with Crippen molar-refractivity contribution in [2.24, 2.45) is 0 Å². The Labute approximate surface area is 150 Å². The molecule has 0 saturated carbocycles. The predicted octanol–water partition coefficient (Wildman–Crippen LogP) is 4.97. The summed E-state index contributed by atoms with van der Waals surface area (Å²) in [5.74, 6) is 1.08. The van der Waals surface area contributed by atoms with E-state index in [9.17, 15) is 4.79 Å². The Morgan fingerprint density at radius 1 is 1.13 bits per heavy atom. The van der Waals surface area contributed by atoms with E-state index in [2.05, 4.69) is 33.5 Å². The average Bonchev–Trinajstić information content (AvgIpc) is 3.04. The first-order chi connectivity index (χ1) is 11.2. The third kappa shape index (κ3) is 12.0. The fourth-order valence-electron chi connectivity index (χ4n) is 2.50. The minimum atomic E-state index is -0.282. The van der Waals surface area contributed by atoms with Gasteiger partial charge in [-0.05, 0) is 45.7 Å². The molecule has 0 radical (unpaired) electrons. The summed E-state index contributed by atoms with van der Waals surface area (Å²) in [6.45, 7) is 7.71. The fourth-order valence-corrected chi connectivity index (χ4v) is 5.53. The van der Waals surface area contributed by atoms with Crippen molar-refractivity contribution in [3.8, 4) is 0 Å². The molecule has 1 heterocycles. The number of hydrogen-bond acceptors (Lipinski definition) is 5. The van der Waals surface area contributed by atoms with Crippen molar-refractivity contribution in [3.63, 3.8) is 0 Å². The molecule has 0 amide bonds. The van der Waals surface area contributed by atoms with Gasteiger partial charge in [-0.15, -0.1) is 0 Å². The van der Waals surface area contributed by atoms with E-state index in [0.717, 1.165) is 24.8 Å². The topological polar surface area (TPSA) is 38.3 Å². The third-order valence-electron chi connectivity index (χ3n) is 3.94. The highest BCUT2D eigenvalue weighted by Gasteiger charge is 2.15. The van der Waals surface area contributed by atoms with Crippen LogP contribution in [0, 0.1) is 0 Å². The van der Waals surface area contributed by atoms with Gasteiger partial charge in [-0.3, -0.25) is 0 Å². The van der Waals surface area contributed by atoms with Gasteiger partial charge in [-0.25, -0.2) is 4.79 Å². The summed E-state index contributed by atoms with van der Waals surface area (Å²) >= 11 is 0. The monoisotopic (exact) mass is 359 g/mol. The van der Waals surface area contributed by atoms with Gasteiger partial charge in [-0.1, -0.05) is 60.3 Å². The summed E-state index contributed by atoms with van der Waals surface area (Å²) in [6, 6.07) is 0. The van der Waals surface area contributed by atoms with Crippen LogP contribution in [-0.4, -0.2) is 36.7 Å². The molecule has 0 spiro atoms. The van der Waals surface area contributed by atoms with E-state index >= 15 is 0 Å². The number of carbonyl (C=O) groups is 1. The molecule has 1 aliphatic heterocycles. The molecule has 0 aliphatic carbocycles. The Morgan fingerprint density at radius 2 is 1.83 bits per heavy atom. The Hall–Kier alpha value is -0.130. The largest absolute Gasteiger partial charge is 0.462 e. The lowest BCUT2D eigenvalue weighted by Gasteiger charge is -2.07. The Bertz CT molecular complexity index is 331. The van der Waals surface area contributed by atoms with Crippen LogP contribution in [0.1, 0.15) is 64.7 Å². The molecular weight excluding hydrogens is 326 g/mol. The molecule has 0 aromatic heterocycles. The Kier molecular flexibility index (Phi) is 12.9. The number of carbonyl (C=O) groups excluding carboxylic acids is 1. The quantitative estimate of drug-likeness (QED) is 0.205. The molecule has 1 unspecified atom stereocenters. The zero-order valence-electron chi connectivity index (χ0n) is 14.6. The van der Waals surface area contributed by atoms with Crippen molar-refractivity contribution in [2.45, 2.75) is 70.0 Å². The summed E-state index contributed by atoms with van der Waals surface area (Å²) in [6.07, 6.45) is 11.9. The van der Waals surface area contributed by atoms with Gasteiger partial charge in [0.05, 0.1) is 6.61 Å². The van der Waals surface area contributed by atoms with Gasteiger partial charge in [0.15, 0.2) is 0 Å². The minimum Gasteiger partial charge on any atom is -0.462 e. The summed E-state index contributed by atoms with van der Waals surface area (Å²) in [4.78, 5) is 11.2. The summed E-state index contributed by atoms with van der Waals surface area (Å²) in [5.41, 5.74) is 0.471. The van der Waals surface area contributed by atoms with Crippen LogP contribution in [0.5, 0.6) is 0 Å². The van der Waals surface area contributed by atoms with E-state index in [1.165, 1.54) is 57.1 Å². The number of ether oxygens (including phenoxy) is 1. The smallest absolute Gasteiger partial charge is 0.333 e. The lowest BCUT2D eigenvalue weighted by molar-refractivity contribution is -0.139. The second-order valence-corrected chi connectivity index (χ2v) is 9.05. The lowest BCUT2D eigenvalue weighted by Crippen LogP contribution is -2.19. The van der Waals surface area contributed by atoms with Crippen LogP contribution in [0.2, 0.25) is 0 Å². The van der Waals surface area contributed by atoms with E-state index in [-0.39, 0.29) is 5.97 Å². The van der Waals surface area contributed by atoms with Crippen molar-refractivity contribution in [1.82, 2.24) is 5.32 Å². The van der Waals surface area contributed by atoms with E-state index < -0.39 is 0 Å². The molecule has 0 aromatic rings. The van der Waals surface area contributed by atoms with Gasteiger partial charge < -0.3 is 10.1 Å². The van der Waals surface area contributed by atoms with Crippen molar-refractivity contribution in [3.05, 3.63) is 12.2 Å². The van der Waals surface area contributed by atoms with Crippen LogP contribution in [0.15, 0.2) is 12.2 Å². The van der Waals surface area contributed by atoms with Gasteiger partial charge in [0.1, 0.15) is 0 Å². The molecule has 1 rings (SSSR count). The number of nitrogens with one attached hydrogen (secondary N) is 1. The van der Waals surface area contributed by atoms with Crippen molar-refractivity contribution in [1.29, 1.82) is 0 Å². The van der Waals surface area contributed by atoms with Gasteiger partial charge in [0, 0.05) is 16.6 Å². The van der Waals surface area contributed by atoms with Crippen molar-refractivity contribution < 1.29 is 9.53 Å². The molecule has 1 aliphatic rings. The first kappa shape index (κ1) is 20.9. The average molecular weight is 360 g/mol. The minimum absolute atomic E-state index is 0.282. The fraction of sp³-hybridized carbons (Fsp3) is 0.833. The van der Waals surface area contributed by atoms with Crippen LogP contribution in [0.3, 0.4) is 0 Å². The Balaban J connectivity index is 1.71. The van der Waals surface area contributed by atoms with E-state index in [1.54, 1.807) is 6.92 Å². The van der Waals surface area contributed by atoms with Gasteiger partial charge >= 0.3 is 5.97 Å². The molecule has 134 valence electrons. The normalized spacial score (nSPS) is 17.3. The third-order valence-corrected chi connectivity index (χ3v) is 6.94. The second-order valence-electron chi connectivity index (χ2n) is 6.26. The van der Waals surface area contributed by atoms with Crippen LogP contribution in [0.4, 0.5) is 0 Å². The number of rotatable bonds is 14. The molecule has 0 aromatic carbocycles. The predicted molar refractivity (Wildman–Crippen MR) is 104 cm³/mol. The molecule has 0 bridgehead atoms. The summed E-state index contributed by atoms with van der Waals surface area (Å²) in [7, 11) is 4.16. The SMILES string of the molecule is C=C(C)C(=O)OCCCNCCCCCCCCC1CCSS1. The zero-order valence-corrected chi connectivity index (χ0v) is 16.2. The standard InChI is InChI=1S/C18H33NO2S2/c1-16(2)18(20)21-14-9-13-19-12-8-6-4-3-5-7-10-17-11-15-22-23-17/h17,19H,1,3-15H2,2H3. The first-order valence-electron chi connectivity index (χ1n) is 9.02. The van der Waals surface area contributed by atoms with E-state index in [0.29, 0.717) is 12.2 Å². The lowest BCUT2D eigenvalue weighted by atomic mass is 10.1. The molecule has 23 heavy (non-hydrogen) atoms. The van der Waals surface area contributed by atoms with Crippen molar-refractivity contribution >= 4 is 27.6 Å². The van der Waals surface area contributed by atoms with Crippen molar-refractivity contribution in [2.75, 3.05) is 25.4 Å². The zero-order chi connectivity index (χ0) is 16.8. The number of unbranched alkanes of at least 4 members (excludes halogenated alkanes) is 5. The maximum atomic E-state index is 11.2. The van der Waals surface area contributed by atoms with Crippen LogP contribution in [-0.2, 0) is 9.53 Å². The first-order valence-corrected chi connectivity index (χ1v) is 11.4. The highest BCUT2D eigenvalue weighted by atomic mass is 33.1. The van der Waals surface area contributed by atoms with Crippen LogP contribution < -0.4 is 5.32 Å². The van der Waals surface area contributed by atoms with Gasteiger partial charge in [0.25, 0.3) is 0 Å². The van der Waals surface area contributed by atoms with E-state index in [1.807, 2.05) is 0 Å². The van der Waals surface area contributed by atoms with Gasteiger partial charge in [-0.2, -0.15) is 0 Å². The molecular formula is C18H33NO2S2. The van der Waals surface area contributed by atoms with Gasteiger partial charge in [0.2, 0.25) is 0 Å². The molecule has 1 saturated heterocycles. The summed E-state index contributed by atoms with van der Waals surface area (Å²) in [5, 5.41) is 4.35. The molecule has 1 fully saturated rings. The maximum absolute atomic E-state index is 11.2.